The van der Waals surface area contributed by atoms with E-state index in [1.807, 2.05) is 0 Å². The van der Waals surface area contributed by atoms with Crippen molar-refractivity contribution in [1.82, 2.24) is 15.1 Å². The lowest BCUT2D eigenvalue weighted by atomic mass is 10.2. The lowest BCUT2D eigenvalue weighted by Gasteiger charge is -2.01. The molecule has 0 aliphatic heterocycles. The number of carbonyl (C=O) groups is 1. The van der Waals surface area contributed by atoms with Crippen LogP contribution in [-0.4, -0.2) is 39.9 Å². The van der Waals surface area contributed by atoms with Crippen molar-refractivity contribution >= 4 is 11.5 Å². The summed E-state index contributed by atoms with van der Waals surface area (Å²) in [6.07, 6.45) is 3.75. The molecule has 1 heterocycles. The first-order valence-electron chi connectivity index (χ1n) is 4.09. The van der Waals surface area contributed by atoms with Crippen molar-refractivity contribution in [3.05, 3.63) is 34.3 Å². The van der Waals surface area contributed by atoms with E-state index in [1.54, 1.807) is 19.0 Å². The highest BCUT2D eigenvalue weighted by Gasteiger charge is 2.20. The first-order chi connectivity index (χ1) is 7.02. The molecule has 0 radical (unpaired) electrons. The summed E-state index contributed by atoms with van der Waals surface area (Å²) >= 11 is 0. The Bertz CT molecular complexity index is 408. The zero-order valence-corrected chi connectivity index (χ0v) is 8.30. The van der Waals surface area contributed by atoms with Gasteiger partial charge in [0.05, 0.1) is 4.92 Å². The van der Waals surface area contributed by atoms with Crippen molar-refractivity contribution in [3.8, 4) is 0 Å². The standard InChI is InChI=1S/C8H10N4O3/c1-11(2)4-3-7(13)8-6(12(14)15)5-9-10-8/h3-5H,1-2H3,(H,9,10). The summed E-state index contributed by atoms with van der Waals surface area (Å²) in [4.78, 5) is 22.9. The van der Waals surface area contributed by atoms with Crippen LogP contribution in [0.4, 0.5) is 5.69 Å². The summed E-state index contributed by atoms with van der Waals surface area (Å²) in [7, 11) is 3.48. The number of hydrogen-bond donors (Lipinski definition) is 1. The molecule has 1 rings (SSSR count). The molecular formula is C8H10N4O3. The molecule has 0 amide bonds. The number of nitrogens with one attached hydrogen (secondary N) is 1. The van der Waals surface area contributed by atoms with Crippen LogP contribution < -0.4 is 0 Å². The van der Waals surface area contributed by atoms with E-state index in [9.17, 15) is 14.9 Å². The summed E-state index contributed by atoms with van der Waals surface area (Å²) in [5.41, 5.74) is -0.429. The maximum Gasteiger partial charge on any atom is 0.318 e. The van der Waals surface area contributed by atoms with Crippen LogP contribution >= 0.6 is 0 Å². The molecule has 7 nitrogen and oxygen atoms in total. The van der Waals surface area contributed by atoms with Crippen LogP contribution in [0.25, 0.3) is 0 Å². The average Bonchev–Trinajstić information content (AvgIpc) is 2.62. The van der Waals surface area contributed by atoms with E-state index in [0.717, 1.165) is 6.20 Å². The minimum Gasteiger partial charge on any atom is -0.383 e. The summed E-state index contributed by atoms with van der Waals surface area (Å²) in [6.45, 7) is 0. The van der Waals surface area contributed by atoms with Gasteiger partial charge in [0, 0.05) is 26.4 Å². The van der Waals surface area contributed by atoms with Crippen molar-refractivity contribution in [2.24, 2.45) is 0 Å². The molecule has 80 valence electrons. The summed E-state index contributed by atoms with van der Waals surface area (Å²) < 4.78 is 0. The van der Waals surface area contributed by atoms with E-state index in [0.29, 0.717) is 0 Å². The number of rotatable bonds is 4. The predicted molar refractivity (Wildman–Crippen MR) is 52.4 cm³/mol. The maximum atomic E-state index is 11.4. The summed E-state index contributed by atoms with van der Waals surface area (Å²) in [5, 5.41) is 16.2. The minimum atomic E-state index is -0.653. The van der Waals surface area contributed by atoms with Crippen LogP contribution in [0.2, 0.25) is 0 Å². The molecule has 0 aliphatic rings. The third-order valence-corrected chi connectivity index (χ3v) is 1.59. The first-order valence-corrected chi connectivity index (χ1v) is 4.09. The average molecular weight is 210 g/mol. The highest BCUT2D eigenvalue weighted by atomic mass is 16.6. The van der Waals surface area contributed by atoms with Crippen LogP contribution in [-0.2, 0) is 0 Å². The second-order valence-corrected chi connectivity index (χ2v) is 3.03. The molecular weight excluding hydrogens is 200 g/mol. The molecule has 0 unspecified atom stereocenters. The van der Waals surface area contributed by atoms with E-state index in [1.165, 1.54) is 12.3 Å². The predicted octanol–water partition coefficient (Wildman–Crippen LogP) is 0.576. The van der Waals surface area contributed by atoms with E-state index in [-0.39, 0.29) is 11.4 Å². The molecule has 1 aromatic rings. The Kier molecular flexibility index (Phi) is 3.17. The van der Waals surface area contributed by atoms with Crippen LogP contribution in [0.3, 0.4) is 0 Å². The molecule has 15 heavy (non-hydrogen) atoms. The zero-order chi connectivity index (χ0) is 11.4. The normalized spacial score (nSPS) is 10.5. The molecule has 0 saturated carbocycles. The Balaban J connectivity index is 2.92. The van der Waals surface area contributed by atoms with Gasteiger partial charge in [-0.1, -0.05) is 0 Å². The van der Waals surface area contributed by atoms with Crippen molar-refractivity contribution in [2.75, 3.05) is 14.1 Å². The zero-order valence-electron chi connectivity index (χ0n) is 8.30. The van der Waals surface area contributed by atoms with Gasteiger partial charge < -0.3 is 4.90 Å². The van der Waals surface area contributed by atoms with Crippen molar-refractivity contribution in [1.29, 1.82) is 0 Å². The number of carbonyl (C=O) groups excluding carboxylic acids is 1. The van der Waals surface area contributed by atoms with Gasteiger partial charge in [0.1, 0.15) is 6.20 Å². The second-order valence-electron chi connectivity index (χ2n) is 3.03. The van der Waals surface area contributed by atoms with E-state index >= 15 is 0 Å². The number of nitro groups is 1. The monoisotopic (exact) mass is 210 g/mol. The number of aromatic amines is 1. The van der Waals surface area contributed by atoms with Crippen molar-refractivity contribution in [2.45, 2.75) is 0 Å². The Morgan fingerprint density at radius 3 is 2.87 bits per heavy atom. The fourth-order valence-electron chi connectivity index (χ4n) is 0.900. The molecule has 0 aliphatic carbocycles. The molecule has 0 atom stereocenters. The smallest absolute Gasteiger partial charge is 0.318 e. The topological polar surface area (TPSA) is 92.1 Å². The Morgan fingerprint density at radius 2 is 2.33 bits per heavy atom. The number of nitrogens with zero attached hydrogens (tertiary/aromatic N) is 3. The highest BCUT2D eigenvalue weighted by Crippen LogP contribution is 2.15. The van der Waals surface area contributed by atoms with E-state index in [4.69, 9.17) is 0 Å². The molecule has 0 bridgehead atoms. The maximum absolute atomic E-state index is 11.4. The third-order valence-electron chi connectivity index (χ3n) is 1.59. The molecule has 1 aromatic heterocycles. The first kappa shape index (κ1) is 10.9. The van der Waals surface area contributed by atoms with Gasteiger partial charge in [-0.25, -0.2) is 0 Å². The summed E-state index contributed by atoms with van der Waals surface area (Å²) in [5.74, 6) is -0.479. The van der Waals surface area contributed by atoms with Gasteiger partial charge in [0.2, 0.25) is 5.78 Å². The van der Waals surface area contributed by atoms with Crippen LogP contribution in [0.15, 0.2) is 18.5 Å². The highest BCUT2D eigenvalue weighted by molar-refractivity contribution is 6.05. The lowest BCUT2D eigenvalue weighted by Crippen LogP contribution is -2.04. The van der Waals surface area contributed by atoms with Gasteiger partial charge in [-0.15, -0.1) is 0 Å². The molecule has 0 aromatic carbocycles. The Hall–Kier alpha value is -2.18. The van der Waals surface area contributed by atoms with Crippen molar-refractivity contribution in [3.63, 3.8) is 0 Å². The number of hydrogen-bond acceptors (Lipinski definition) is 5. The lowest BCUT2D eigenvalue weighted by molar-refractivity contribution is -0.385. The molecule has 0 spiro atoms. The molecule has 7 heteroatoms. The van der Waals surface area contributed by atoms with Gasteiger partial charge in [0.15, 0.2) is 5.69 Å². The van der Waals surface area contributed by atoms with Crippen LogP contribution in [0, 0.1) is 10.1 Å². The molecule has 1 N–H and O–H groups in total. The number of H-pyrrole nitrogens is 1. The number of ketones is 1. The minimum absolute atomic E-state index is 0.113. The van der Waals surface area contributed by atoms with Crippen molar-refractivity contribution < 1.29 is 9.72 Å². The van der Waals surface area contributed by atoms with Gasteiger partial charge in [-0.05, 0) is 0 Å². The third kappa shape index (κ3) is 2.63. The van der Waals surface area contributed by atoms with Crippen LogP contribution in [0.1, 0.15) is 10.5 Å². The molecule has 0 saturated heterocycles. The van der Waals surface area contributed by atoms with E-state index < -0.39 is 10.7 Å². The van der Waals surface area contributed by atoms with Gasteiger partial charge in [-0.2, -0.15) is 5.10 Å². The number of allylic oxidation sites excluding steroid dienone is 1. The van der Waals surface area contributed by atoms with Gasteiger partial charge >= 0.3 is 5.69 Å². The molecule has 0 fully saturated rings. The SMILES string of the molecule is CN(C)C=CC(=O)c1[nH]ncc1[N+](=O)[O-]. The fraction of sp³-hybridized carbons (Fsp3) is 0.250. The quantitative estimate of drug-likeness (QED) is 0.339. The number of aromatic nitrogens is 2. The fourth-order valence-corrected chi connectivity index (χ4v) is 0.900. The summed E-state index contributed by atoms with van der Waals surface area (Å²) in [6, 6.07) is 0. The van der Waals surface area contributed by atoms with E-state index in [2.05, 4.69) is 10.2 Å². The van der Waals surface area contributed by atoms with Gasteiger partial charge in [-0.3, -0.25) is 20.0 Å². The Labute approximate surface area is 85.5 Å². The Morgan fingerprint density at radius 1 is 1.67 bits per heavy atom. The second kappa shape index (κ2) is 4.36. The van der Waals surface area contributed by atoms with Gasteiger partial charge in [0.25, 0.3) is 0 Å². The largest absolute Gasteiger partial charge is 0.383 e. The van der Waals surface area contributed by atoms with Crippen LogP contribution in [0.5, 0.6) is 0 Å².